The highest BCUT2D eigenvalue weighted by atomic mass is 16.2. The minimum absolute atomic E-state index is 0.169. The largest absolute Gasteiger partial charge is 0.352 e. The van der Waals surface area contributed by atoms with Crippen LogP contribution in [-0.4, -0.2) is 59.9 Å². The zero-order valence-corrected chi connectivity index (χ0v) is 16.4. The quantitative estimate of drug-likeness (QED) is 0.738. The average Bonchev–Trinajstić information content (AvgIpc) is 2.93. The topological polar surface area (TPSA) is 52.7 Å². The second-order valence-electron chi connectivity index (χ2n) is 8.49. The van der Waals surface area contributed by atoms with Crippen LogP contribution in [0, 0.1) is 0 Å². The number of carbonyl (C=O) groups is 2. The first-order valence-corrected chi connectivity index (χ1v) is 11.0. The summed E-state index contributed by atoms with van der Waals surface area (Å²) >= 11 is 0. The summed E-state index contributed by atoms with van der Waals surface area (Å²) in [7, 11) is 0. The highest BCUT2D eigenvalue weighted by Crippen LogP contribution is 2.24. The number of nitrogens with one attached hydrogen (secondary N) is 1. The lowest BCUT2D eigenvalue weighted by molar-refractivity contribution is -0.133. The van der Waals surface area contributed by atoms with Crippen LogP contribution in [0.2, 0.25) is 0 Å². The molecule has 2 amide bonds. The Morgan fingerprint density at radius 1 is 0.962 bits per heavy atom. The van der Waals surface area contributed by atoms with E-state index in [4.69, 9.17) is 0 Å². The van der Waals surface area contributed by atoms with Crippen molar-refractivity contribution in [2.75, 3.05) is 26.2 Å². The van der Waals surface area contributed by atoms with Crippen molar-refractivity contribution in [3.05, 3.63) is 0 Å². The van der Waals surface area contributed by atoms with E-state index in [0.717, 1.165) is 51.4 Å². The second-order valence-corrected chi connectivity index (χ2v) is 8.49. The Bertz CT molecular complexity index is 460. The van der Waals surface area contributed by atoms with E-state index in [1.165, 1.54) is 51.5 Å². The third kappa shape index (κ3) is 5.97. The number of carbonyl (C=O) groups excluding carboxylic acids is 2. The normalized spacial score (nSPS) is 26.5. The van der Waals surface area contributed by atoms with Crippen molar-refractivity contribution in [2.24, 2.45) is 0 Å². The van der Waals surface area contributed by atoms with Crippen LogP contribution in [0.25, 0.3) is 0 Å². The molecule has 2 saturated heterocycles. The Morgan fingerprint density at radius 2 is 1.77 bits per heavy atom. The SMILES string of the molecule is O=C(CCCN1CCCCC1=O)N[C@@H]1CCCN(C2CCCCCC2)C1. The zero-order chi connectivity index (χ0) is 18.2. The van der Waals surface area contributed by atoms with Crippen molar-refractivity contribution in [3.8, 4) is 0 Å². The molecule has 1 N–H and O–H groups in total. The molecule has 0 spiro atoms. The molecule has 148 valence electrons. The highest BCUT2D eigenvalue weighted by Gasteiger charge is 2.27. The minimum Gasteiger partial charge on any atom is -0.352 e. The Labute approximate surface area is 158 Å². The van der Waals surface area contributed by atoms with Gasteiger partial charge in [-0.15, -0.1) is 0 Å². The van der Waals surface area contributed by atoms with Gasteiger partial charge < -0.3 is 10.2 Å². The summed E-state index contributed by atoms with van der Waals surface area (Å²) in [6, 6.07) is 1.05. The van der Waals surface area contributed by atoms with Crippen LogP contribution < -0.4 is 5.32 Å². The third-order valence-corrected chi connectivity index (χ3v) is 6.41. The molecule has 5 heteroatoms. The van der Waals surface area contributed by atoms with Gasteiger partial charge in [0.05, 0.1) is 0 Å². The van der Waals surface area contributed by atoms with Gasteiger partial charge in [-0.05, 0) is 51.5 Å². The van der Waals surface area contributed by atoms with Crippen LogP contribution in [0.3, 0.4) is 0 Å². The zero-order valence-electron chi connectivity index (χ0n) is 16.4. The standard InChI is InChI=1S/C21H37N3O2/c25-20(12-8-15-23-14-6-5-13-21(23)26)22-18-9-7-16-24(17-18)19-10-3-1-2-4-11-19/h18-19H,1-17H2,(H,22,25)/t18-/m1/s1. The molecule has 26 heavy (non-hydrogen) atoms. The van der Waals surface area contributed by atoms with Gasteiger partial charge in [0.25, 0.3) is 0 Å². The molecule has 3 fully saturated rings. The van der Waals surface area contributed by atoms with Crippen molar-refractivity contribution in [1.29, 1.82) is 0 Å². The predicted octanol–water partition coefficient (Wildman–Crippen LogP) is 3.08. The Morgan fingerprint density at radius 3 is 2.54 bits per heavy atom. The second kappa shape index (κ2) is 10.3. The van der Waals surface area contributed by atoms with Crippen LogP contribution in [0.4, 0.5) is 0 Å². The minimum atomic E-state index is 0.169. The van der Waals surface area contributed by atoms with E-state index < -0.39 is 0 Å². The summed E-state index contributed by atoms with van der Waals surface area (Å²) in [4.78, 5) is 28.7. The third-order valence-electron chi connectivity index (χ3n) is 6.41. The molecule has 1 saturated carbocycles. The molecular weight excluding hydrogens is 326 g/mol. The summed E-state index contributed by atoms with van der Waals surface area (Å²) in [6.45, 7) is 3.85. The van der Waals surface area contributed by atoms with Crippen LogP contribution >= 0.6 is 0 Å². The smallest absolute Gasteiger partial charge is 0.222 e. The fourth-order valence-corrected chi connectivity index (χ4v) is 4.91. The molecule has 5 nitrogen and oxygen atoms in total. The van der Waals surface area contributed by atoms with Crippen molar-refractivity contribution >= 4 is 11.8 Å². The number of hydrogen-bond acceptors (Lipinski definition) is 3. The van der Waals surface area contributed by atoms with E-state index in [1.54, 1.807) is 0 Å². The molecule has 0 aromatic carbocycles. The van der Waals surface area contributed by atoms with Gasteiger partial charge in [0.15, 0.2) is 0 Å². The molecule has 2 aliphatic heterocycles. The van der Waals surface area contributed by atoms with Crippen LogP contribution in [0.1, 0.15) is 83.5 Å². The van der Waals surface area contributed by atoms with E-state index in [0.29, 0.717) is 18.9 Å². The van der Waals surface area contributed by atoms with Gasteiger partial charge in [0.2, 0.25) is 11.8 Å². The van der Waals surface area contributed by atoms with E-state index in [9.17, 15) is 9.59 Å². The van der Waals surface area contributed by atoms with Gasteiger partial charge in [-0.2, -0.15) is 0 Å². The number of piperidine rings is 2. The number of likely N-dealkylation sites (tertiary alicyclic amines) is 2. The monoisotopic (exact) mass is 363 g/mol. The molecule has 1 atom stereocenters. The van der Waals surface area contributed by atoms with Crippen molar-refractivity contribution in [2.45, 2.75) is 95.6 Å². The van der Waals surface area contributed by atoms with E-state index in [1.807, 2.05) is 4.90 Å². The summed E-state index contributed by atoms with van der Waals surface area (Å²) in [5.74, 6) is 0.435. The average molecular weight is 364 g/mol. The summed E-state index contributed by atoms with van der Waals surface area (Å²) < 4.78 is 0. The molecule has 3 aliphatic rings. The maximum Gasteiger partial charge on any atom is 0.222 e. The first-order valence-electron chi connectivity index (χ1n) is 11.0. The number of amides is 2. The van der Waals surface area contributed by atoms with Gasteiger partial charge >= 0.3 is 0 Å². The molecule has 2 heterocycles. The van der Waals surface area contributed by atoms with Crippen LogP contribution in [-0.2, 0) is 9.59 Å². The van der Waals surface area contributed by atoms with E-state index >= 15 is 0 Å². The lowest BCUT2D eigenvalue weighted by Gasteiger charge is -2.38. The van der Waals surface area contributed by atoms with Gasteiger partial charge in [0, 0.05) is 44.6 Å². The summed E-state index contributed by atoms with van der Waals surface area (Å²) in [5, 5.41) is 3.27. The maximum absolute atomic E-state index is 12.3. The fourth-order valence-electron chi connectivity index (χ4n) is 4.91. The number of rotatable bonds is 6. The van der Waals surface area contributed by atoms with E-state index in [2.05, 4.69) is 10.2 Å². The summed E-state index contributed by atoms with van der Waals surface area (Å²) in [5.41, 5.74) is 0. The van der Waals surface area contributed by atoms with Gasteiger partial charge in [0.1, 0.15) is 0 Å². The Balaban J connectivity index is 1.36. The van der Waals surface area contributed by atoms with E-state index in [-0.39, 0.29) is 11.8 Å². The lowest BCUT2D eigenvalue weighted by atomic mass is 9.99. The number of nitrogens with zero attached hydrogens (tertiary/aromatic N) is 2. The van der Waals surface area contributed by atoms with Crippen LogP contribution in [0.5, 0.6) is 0 Å². The molecule has 1 aliphatic carbocycles. The molecule has 3 rings (SSSR count). The molecule has 0 aromatic rings. The molecule has 0 aromatic heterocycles. The molecule has 0 bridgehead atoms. The van der Waals surface area contributed by atoms with Crippen molar-refractivity contribution in [1.82, 2.24) is 15.1 Å². The maximum atomic E-state index is 12.3. The lowest BCUT2D eigenvalue weighted by Crippen LogP contribution is -2.51. The molecule has 0 unspecified atom stereocenters. The highest BCUT2D eigenvalue weighted by molar-refractivity contribution is 5.77. The fraction of sp³-hybridized carbons (Fsp3) is 0.905. The summed E-state index contributed by atoms with van der Waals surface area (Å²) in [6.07, 6.45) is 14.7. The van der Waals surface area contributed by atoms with Crippen molar-refractivity contribution < 1.29 is 9.59 Å². The molecular formula is C21H37N3O2. The van der Waals surface area contributed by atoms with Gasteiger partial charge in [-0.1, -0.05) is 25.7 Å². The Kier molecular flexibility index (Phi) is 7.78. The molecule has 0 radical (unpaired) electrons. The first-order chi connectivity index (χ1) is 12.7. The predicted molar refractivity (Wildman–Crippen MR) is 104 cm³/mol. The first kappa shape index (κ1) is 19.7. The number of hydrogen-bond donors (Lipinski definition) is 1. The Hall–Kier alpha value is -1.10. The van der Waals surface area contributed by atoms with Crippen molar-refractivity contribution in [3.63, 3.8) is 0 Å². The van der Waals surface area contributed by atoms with Crippen LogP contribution in [0.15, 0.2) is 0 Å². The van der Waals surface area contributed by atoms with Gasteiger partial charge in [-0.25, -0.2) is 0 Å². The van der Waals surface area contributed by atoms with Gasteiger partial charge in [-0.3, -0.25) is 14.5 Å².